The quantitative estimate of drug-likeness (QED) is 0.435. The van der Waals surface area contributed by atoms with Crippen molar-refractivity contribution >= 4 is 0 Å². The van der Waals surface area contributed by atoms with Crippen molar-refractivity contribution in [2.45, 2.75) is 71.1 Å². The van der Waals surface area contributed by atoms with Crippen LogP contribution in [0.3, 0.4) is 0 Å². The number of halogens is 2. The number of hydrogen-bond acceptors (Lipinski definition) is 0. The van der Waals surface area contributed by atoms with Gasteiger partial charge in [0.1, 0.15) is 11.6 Å². The molecule has 2 aromatic rings. The highest BCUT2D eigenvalue weighted by molar-refractivity contribution is 5.66. The first-order chi connectivity index (χ1) is 14.1. The Morgan fingerprint density at radius 3 is 2.24 bits per heavy atom. The summed E-state index contributed by atoms with van der Waals surface area (Å²) >= 11 is 0. The van der Waals surface area contributed by atoms with Gasteiger partial charge in [0, 0.05) is 5.56 Å². The Labute approximate surface area is 174 Å². The topological polar surface area (TPSA) is 0 Å². The lowest BCUT2D eigenvalue weighted by Crippen LogP contribution is -2.15. The van der Waals surface area contributed by atoms with Crippen LogP contribution < -0.4 is 0 Å². The number of rotatable bonds is 6. The monoisotopic (exact) mass is 394 g/mol. The maximum absolute atomic E-state index is 14.8. The summed E-state index contributed by atoms with van der Waals surface area (Å²) in [6.07, 6.45) is 14.9. The lowest BCUT2D eigenvalue weighted by atomic mass is 9.77. The third-order valence-corrected chi connectivity index (χ3v) is 7.01. The van der Waals surface area contributed by atoms with Gasteiger partial charge in [-0.25, -0.2) is 8.78 Å². The Kier molecular flexibility index (Phi) is 6.47. The van der Waals surface area contributed by atoms with Gasteiger partial charge in [-0.1, -0.05) is 69.2 Å². The van der Waals surface area contributed by atoms with Crippen molar-refractivity contribution in [3.05, 3.63) is 70.8 Å². The fourth-order valence-corrected chi connectivity index (χ4v) is 5.23. The molecule has 0 aromatic heterocycles. The normalized spacial score (nSPS) is 21.6. The van der Waals surface area contributed by atoms with Gasteiger partial charge in [0.25, 0.3) is 0 Å². The van der Waals surface area contributed by atoms with E-state index in [1.54, 1.807) is 18.2 Å². The number of hydrogen-bond donors (Lipinski definition) is 0. The van der Waals surface area contributed by atoms with E-state index in [1.807, 2.05) is 6.07 Å². The van der Waals surface area contributed by atoms with E-state index in [-0.39, 0.29) is 11.6 Å². The molecule has 1 saturated carbocycles. The third-order valence-electron chi connectivity index (χ3n) is 7.01. The molecule has 0 atom stereocenters. The summed E-state index contributed by atoms with van der Waals surface area (Å²) in [7, 11) is 0. The van der Waals surface area contributed by atoms with Gasteiger partial charge in [-0.3, -0.25) is 0 Å². The zero-order valence-electron chi connectivity index (χ0n) is 17.5. The van der Waals surface area contributed by atoms with Gasteiger partial charge < -0.3 is 0 Å². The van der Waals surface area contributed by atoms with E-state index in [1.165, 1.54) is 68.2 Å². The summed E-state index contributed by atoms with van der Waals surface area (Å²) in [5.41, 5.74) is 5.11. The average Bonchev–Trinajstić information content (AvgIpc) is 2.73. The lowest BCUT2D eigenvalue weighted by Gasteiger charge is -2.29. The minimum atomic E-state index is -0.293. The molecule has 0 radical (unpaired) electrons. The van der Waals surface area contributed by atoms with Gasteiger partial charge in [0.2, 0.25) is 0 Å². The molecule has 0 saturated heterocycles. The first-order valence-electron chi connectivity index (χ1n) is 11.4. The minimum absolute atomic E-state index is 0.203. The summed E-state index contributed by atoms with van der Waals surface area (Å²) in [5, 5.41) is 0. The highest BCUT2D eigenvalue weighted by Crippen LogP contribution is 2.36. The van der Waals surface area contributed by atoms with Crippen molar-refractivity contribution in [1.29, 1.82) is 0 Å². The molecule has 2 aliphatic rings. The van der Waals surface area contributed by atoms with Gasteiger partial charge in [-0.05, 0) is 78.5 Å². The van der Waals surface area contributed by atoms with E-state index in [4.69, 9.17) is 0 Å². The van der Waals surface area contributed by atoms with Crippen LogP contribution in [0.2, 0.25) is 0 Å². The number of allylic oxidation sites excluding steroid dienone is 2. The predicted octanol–water partition coefficient (Wildman–Crippen LogP) is 8.04. The van der Waals surface area contributed by atoms with E-state index in [0.717, 1.165) is 42.2 Å². The van der Waals surface area contributed by atoms with Gasteiger partial charge >= 0.3 is 0 Å². The van der Waals surface area contributed by atoms with Gasteiger partial charge in [-0.15, -0.1) is 0 Å². The summed E-state index contributed by atoms with van der Waals surface area (Å²) in [5.74, 6) is 1.35. The zero-order chi connectivity index (χ0) is 20.2. The maximum atomic E-state index is 14.8. The molecule has 29 heavy (non-hydrogen) atoms. The molecule has 0 bridgehead atoms. The molecule has 2 aromatic carbocycles. The fourth-order valence-electron chi connectivity index (χ4n) is 5.23. The molecule has 0 unspecified atom stereocenters. The van der Waals surface area contributed by atoms with E-state index >= 15 is 0 Å². The van der Waals surface area contributed by atoms with Crippen molar-refractivity contribution in [3.8, 4) is 11.1 Å². The molecule has 0 heterocycles. The Bertz CT molecular complexity index is 855. The molecule has 154 valence electrons. The Morgan fingerprint density at radius 1 is 0.862 bits per heavy atom. The molecular formula is C27H32F2. The summed E-state index contributed by atoms with van der Waals surface area (Å²) in [4.78, 5) is 0. The van der Waals surface area contributed by atoms with E-state index in [2.05, 4.69) is 13.0 Å². The Hall–Kier alpha value is -1.96. The SMILES string of the molecule is CCCC1CCC(CCC2=CCc3cc(-c4ccc(F)cc4)c(F)cc3C2)CC1. The van der Waals surface area contributed by atoms with Crippen LogP contribution in [0.25, 0.3) is 11.1 Å². The van der Waals surface area contributed by atoms with Gasteiger partial charge in [0.15, 0.2) is 0 Å². The average molecular weight is 395 g/mol. The third kappa shape index (κ3) is 4.97. The van der Waals surface area contributed by atoms with Crippen molar-refractivity contribution in [3.63, 3.8) is 0 Å². The van der Waals surface area contributed by atoms with Crippen LogP contribution in [-0.4, -0.2) is 0 Å². The van der Waals surface area contributed by atoms with Crippen LogP contribution in [0.15, 0.2) is 48.0 Å². The largest absolute Gasteiger partial charge is 0.207 e. The smallest absolute Gasteiger partial charge is 0.131 e. The predicted molar refractivity (Wildman–Crippen MR) is 117 cm³/mol. The highest BCUT2D eigenvalue weighted by atomic mass is 19.1. The number of fused-ring (bicyclic) bond motifs is 1. The summed E-state index contributed by atoms with van der Waals surface area (Å²) < 4.78 is 27.9. The van der Waals surface area contributed by atoms with Crippen molar-refractivity contribution in [1.82, 2.24) is 0 Å². The van der Waals surface area contributed by atoms with Crippen LogP contribution in [0.5, 0.6) is 0 Å². The molecule has 0 amide bonds. The van der Waals surface area contributed by atoms with E-state index in [9.17, 15) is 8.78 Å². The Balaban J connectivity index is 1.36. The summed E-state index contributed by atoms with van der Waals surface area (Å²) in [6, 6.07) is 9.75. The van der Waals surface area contributed by atoms with Crippen LogP contribution >= 0.6 is 0 Å². The second-order valence-corrected chi connectivity index (χ2v) is 9.07. The fraction of sp³-hybridized carbons (Fsp3) is 0.481. The van der Waals surface area contributed by atoms with Crippen LogP contribution in [0.4, 0.5) is 8.78 Å². The van der Waals surface area contributed by atoms with Gasteiger partial charge in [-0.2, -0.15) is 0 Å². The molecule has 1 fully saturated rings. The zero-order valence-corrected chi connectivity index (χ0v) is 17.5. The molecule has 0 aliphatic heterocycles. The standard InChI is InChI=1S/C27H32F2/c1-2-3-19-4-6-20(7-5-19)8-9-21-10-11-23-17-26(27(29)18-24(23)16-21)22-12-14-25(28)15-13-22/h10,12-15,17-20H,2-9,11,16H2,1H3. The van der Waals surface area contributed by atoms with Crippen LogP contribution in [0, 0.1) is 23.5 Å². The number of benzene rings is 2. The second-order valence-electron chi connectivity index (χ2n) is 9.07. The molecule has 0 N–H and O–H groups in total. The van der Waals surface area contributed by atoms with Gasteiger partial charge in [0.05, 0.1) is 0 Å². The van der Waals surface area contributed by atoms with Crippen molar-refractivity contribution < 1.29 is 8.78 Å². The molecule has 4 rings (SSSR count). The van der Waals surface area contributed by atoms with E-state index < -0.39 is 0 Å². The molecule has 0 spiro atoms. The van der Waals surface area contributed by atoms with E-state index in [0.29, 0.717) is 5.56 Å². The van der Waals surface area contributed by atoms with Crippen LogP contribution in [0.1, 0.15) is 69.4 Å². The Morgan fingerprint density at radius 2 is 1.55 bits per heavy atom. The molecule has 2 heteroatoms. The highest BCUT2D eigenvalue weighted by Gasteiger charge is 2.21. The minimum Gasteiger partial charge on any atom is -0.207 e. The molecular weight excluding hydrogens is 362 g/mol. The molecule has 0 nitrogen and oxygen atoms in total. The van der Waals surface area contributed by atoms with Crippen LogP contribution in [-0.2, 0) is 12.8 Å². The summed E-state index contributed by atoms with van der Waals surface area (Å²) in [6.45, 7) is 2.30. The first kappa shape index (κ1) is 20.3. The maximum Gasteiger partial charge on any atom is 0.131 e. The molecule has 2 aliphatic carbocycles. The second kappa shape index (κ2) is 9.24. The van der Waals surface area contributed by atoms with Crippen molar-refractivity contribution in [2.75, 3.05) is 0 Å². The van der Waals surface area contributed by atoms with Crippen molar-refractivity contribution in [2.24, 2.45) is 11.8 Å². The lowest BCUT2D eigenvalue weighted by molar-refractivity contribution is 0.252. The first-order valence-corrected chi connectivity index (χ1v) is 11.4.